The van der Waals surface area contributed by atoms with Crippen molar-refractivity contribution < 1.29 is 24.9 Å². The van der Waals surface area contributed by atoms with Crippen molar-refractivity contribution in [3.8, 4) is 0 Å². The molecule has 1 amide bonds. The van der Waals surface area contributed by atoms with E-state index in [1.807, 2.05) is 0 Å². The number of aliphatic hydroxyl groups excluding tert-OH is 2. The van der Waals surface area contributed by atoms with Gasteiger partial charge in [0.25, 0.3) is 0 Å². The second-order valence-corrected chi connectivity index (χ2v) is 12.1. The molecule has 3 unspecified atom stereocenters. The molecule has 6 heteroatoms. The number of rotatable bonds is 6. The first-order valence-electron chi connectivity index (χ1n) is 12.9. The molecule has 0 spiro atoms. The molecule has 0 aromatic heterocycles. The van der Waals surface area contributed by atoms with Crippen LogP contribution in [-0.4, -0.2) is 45.9 Å². The summed E-state index contributed by atoms with van der Waals surface area (Å²) in [4.78, 5) is 22.7. The van der Waals surface area contributed by atoms with E-state index in [9.17, 15) is 19.8 Å². The quantitative estimate of drug-likeness (QED) is 0.496. The molecule has 0 bridgehead atoms. The third-order valence-corrected chi connectivity index (χ3v) is 10.8. The smallest absolute Gasteiger partial charge is 0.322 e. The van der Waals surface area contributed by atoms with Gasteiger partial charge in [-0.05, 0) is 104 Å². The van der Waals surface area contributed by atoms with Gasteiger partial charge in [-0.25, -0.2) is 0 Å². The lowest BCUT2D eigenvalue weighted by molar-refractivity contribution is -0.175. The zero-order valence-corrected chi connectivity index (χ0v) is 20.1. The normalized spacial score (nSPS) is 46.5. The third kappa shape index (κ3) is 4.00. The molecule has 0 aliphatic heterocycles. The van der Waals surface area contributed by atoms with E-state index < -0.39 is 5.97 Å². The number of hydrogen-bond acceptors (Lipinski definition) is 4. The first kappa shape index (κ1) is 24.0. The first-order chi connectivity index (χ1) is 15.1. The van der Waals surface area contributed by atoms with Gasteiger partial charge in [-0.3, -0.25) is 9.59 Å². The third-order valence-electron chi connectivity index (χ3n) is 10.8. The topological polar surface area (TPSA) is 107 Å². The van der Waals surface area contributed by atoms with Crippen molar-refractivity contribution in [2.75, 3.05) is 6.54 Å². The minimum atomic E-state index is -1.02. The highest BCUT2D eigenvalue weighted by Crippen LogP contribution is 2.68. The number of nitrogens with one attached hydrogen (secondary N) is 1. The SMILES string of the molecule is CC(CCC(=O)NCC(=O)O)[C@H]1CC[C@H]2[C@@H]3CC[C@@H]4C[C@H](O)CCC4(C)[C@H]3C[C@H](O)C12C. The summed E-state index contributed by atoms with van der Waals surface area (Å²) in [6.45, 7) is 6.65. The van der Waals surface area contributed by atoms with Gasteiger partial charge in [0, 0.05) is 6.42 Å². The molecule has 4 aliphatic carbocycles. The van der Waals surface area contributed by atoms with Crippen LogP contribution in [0.25, 0.3) is 0 Å². The number of aliphatic hydroxyl groups is 2. The van der Waals surface area contributed by atoms with Gasteiger partial charge in [-0.2, -0.15) is 0 Å². The Hall–Kier alpha value is -1.14. The summed E-state index contributed by atoms with van der Waals surface area (Å²) in [5, 5.41) is 33.0. The Morgan fingerprint density at radius 3 is 2.50 bits per heavy atom. The molecule has 6 nitrogen and oxygen atoms in total. The molecule has 10 atom stereocenters. The van der Waals surface area contributed by atoms with Gasteiger partial charge >= 0.3 is 5.97 Å². The van der Waals surface area contributed by atoms with Crippen molar-refractivity contribution in [2.45, 2.75) is 97.2 Å². The molecule has 4 rings (SSSR count). The number of hydrogen-bond donors (Lipinski definition) is 4. The van der Waals surface area contributed by atoms with E-state index in [1.165, 1.54) is 12.8 Å². The number of fused-ring (bicyclic) bond motifs is 5. The molecule has 0 aromatic carbocycles. The minimum Gasteiger partial charge on any atom is -0.480 e. The summed E-state index contributed by atoms with van der Waals surface area (Å²) in [6.07, 6.45) is 9.12. The zero-order valence-electron chi connectivity index (χ0n) is 20.1. The van der Waals surface area contributed by atoms with Gasteiger partial charge < -0.3 is 20.6 Å². The summed E-state index contributed by atoms with van der Waals surface area (Å²) < 4.78 is 0. The number of carboxylic acid groups (broad SMARTS) is 1. The van der Waals surface area contributed by atoms with Crippen LogP contribution in [-0.2, 0) is 9.59 Å². The predicted molar refractivity (Wildman–Crippen MR) is 122 cm³/mol. The van der Waals surface area contributed by atoms with Crippen LogP contribution in [0.2, 0.25) is 0 Å². The number of carbonyl (C=O) groups is 2. The molecule has 4 fully saturated rings. The largest absolute Gasteiger partial charge is 0.480 e. The Bertz CT molecular complexity index is 727. The lowest BCUT2D eigenvalue weighted by atomic mass is 9.43. The number of amides is 1. The van der Waals surface area contributed by atoms with E-state index in [0.717, 1.165) is 44.9 Å². The number of carboxylic acids is 1. The van der Waals surface area contributed by atoms with Crippen LogP contribution in [0.5, 0.6) is 0 Å². The van der Waals surface area contributed by atoms with Gasteiger partial charge in [0.1, 0.15) is 6.54 Å². The van der Waals surface area contributed by atoms with Crippen LogP contribution in [0, 0.1) is 46.3 Å². The highest BCUT2D eigenvalue weighted by molar-refractivity contribution is 5.81. The van der Waals surface area contributed by atoms with Crippen LogP contribution >= 0.6 is 0 Å². The van der Waals surface area contributed by atoms with Gasteiger partial charge in [-0.1, -0.05) is 20.8 Å². The van der Waals surface area contributed by atoms with Crippen molar-refractivity contribution in [3.05, 3.63) is 0 Å². The van der Waals surface area contributed by atoms with E-state index in [2.05, 4.69) is 26.1 Å². The zero-order chi connectivity index (χ0) is 23.3. The summed E-state index contributed by atoms with van der Waals surface area (Å²) in [5.41, 5.74) is 0.145. The molecule has 4 N–H and O–H groups in total. The van der Waals surface area contributed by atoms with Crippen molar-refractivity contribution >= 4 is 11.9 Å². The van der Waals surface area contributed by atoms with Gasteiger partial charge in [0.15, 0.2) is 0 Å². The fraction of sp³-hybridized carbons (Fsp3) is 0.923. The average Bonchev–Trinajstić information content (AvgIpc) is 3.10. The van der Waals surface area contributed by atoms with E-state index in [4.69, 9.17) is 5.11 Å². The minimum absolute atomic E-state index is 0.102. The number of aliphatic carboxylic acids is 1. The Morgan fingerprint density at radius 1 is 1.03 bits per heavy atom. The van der Waals surface area contributed by atoms with Crippen LogP contribution < -0.4 is 5.32 Å². The molecule has 0 saturated heterocycles. The van der Waals surface area contributed by atoms with Crippen molar-refractivity contribution in [1.29, 1.82) is 0 Å². The second kappa shape index (κ2) is 8.90. The summed E-state index contributed by atoms with van der Waals surface area (Å²) in [5.74, 6) is 1.84. The fourth-order valence-electron chi connectivity index (χ4n) is 8.98. The van der Waals surface area contributed by atoms with Gasteiger partial charge in [-0.15, -0.1) is 0 Å². The van der Waals surface area contributed by atoms with E-state index >= 15 is 0 Å². The molecule has 32 heavy (non-hydrogen) atoms. The molecule has 182 valence electrons. The Labute approximate surface area is 192 Å². The van der Waals surface area contributed by atoms with E-state index in [-0.39, 0.29) is 35.5 Å². The molecule has 4 saturated carbocycles. The molecule has 4 aliphatic rings. The molecule has 0 heterocycles. The lowest BCUT2D eigenvalue weighted by Gasteiger charge is -2.62. The van der Waals surface area contributed by atoms with Crippen molar-refractivity contribution in [3.63, 3.8) is 0 Å². The molecule has 0 radical (unpaired) electrons. The van der Waals surface area contributed by atoms with Crippen LogP contribution in [0.4, 0.5) is 0 Å². The maximum absolute atomic E-state index is 12.0. The Kier molecular flexibility index (Phi) is 6.68. The Balaban J connectivity index is 1.45. The summed E-state index contributed by atoms with van der Waals surface area (Å²) >= 11 is 0. The van der Waals surface area contributed by atoms with Crippen molar-refractivity contribution in [2.24, 2.45) is 46.3 Å². The standard InChI is InChI=1S/C26H43NO5/c1-15(4-9-23(30)27-14-24(31)32)19-7-8-20-18-6-5-16-12-17(28)10-11-25(16,2)21(18)13-22(29)26(19,20)3/h15-22,28-29H,4-14H2,1-3H3,(H,27,30)(H,31,32)/t15?,16-,17-,18+,19-,20+,21+,22+,25?,26?/m1/s1. The Morgan fingerprint density at radius 2 is 1.78 bits per heavy atom. The average molecular weight is 450 g/mol. The monoisotopic (exact) mass is 449 g/mol. The maximum atomic E-state index is 12.0. The second-order valence-electron chi connectivity index (χ2n) is 12.1. The first-order valence-corrected chi connectivity index (χ1v) is 12.9. The van der Waals surface area contributed by atoms with Crippen molar-refractivity contribution in [1.82, 2.24) is 5.32 Å². The summed E-state index contributed by atoms with van der Waals surface area (Å²) in [7, 11) is 0. The van der Waals surface area contributed by atoms with Crippen LogP contribution in [0.1, 0.15) is 85.0 Å². The molecular formula is C26H43NO5. The van der Waals surface area contributed by atoms with Crippen LogP contribution in [0.3, 0.4) is 0 Å². The molecular weight excluding hydrogens is 406 g/mol. The fourth-order valence-corrected chi connectivity index (χ4v) is 8.98. The lowest BCUT2D eigenvalue weighted by Crippen LogP contribution is -2.58. The van der Waals surface area contributed by atoms with Gasteiger partial charge in [0.05, 0.1) is 12.2 Å². The predicted octanol–water partition coefficient (Wildman–Crippen LogP) is 3.59. The van der Waals surface area contributed by atoms with Gasteiger partial charge in [0.2, 0.25) is 5.91 Å². The van der Waals surface area contributed by atoms with E-state index in [0.29, 0.717) is 41.9 Å². The highest BCUT2D eigenvalue weighted by atomic mass is 16.4. The highest BCUT2D eigenvalue weighted by Gasteiger charge is 2.63. The van der Waals surface area contributed by atoms with E-state index in [1.54, 1.807) is 0 Å². The summed E-state index contributed by atoms with van der Waals surface area (Å²) in [6, 6.07) is 0. The maximum Gasteiger partial charge on any atom is 0.322 e. The molecule has 0 aromatic rings. The van der Waals surface area contributed by atoms with Crippen LogP contribution in [0.15, 0.2) is 0 Å². The number of carbonyl (C=O) groups excluding carboxylic acids is 1.